The van der Waals surface area contributed by atoms with Crippen LogP contribution in [0.2, 0.25) is 0 Å². The SMILES string of the molecule is CC(C)CNCc1ccc(N(CC2CC2)CC2CC2)nc1. The summed E-state index contributed by atoms with van der Waals surface area (Å²) in [5.74, 6) is 3.74. The summed E-state index contributed by atoms with van der Waals surface area (Å²) < 4.78 is 0. The Morgan fingerprint density at radius 3 is 2.29 bits per heavy atom. The Hall–Kier alpha value is -1.09. The average molecular weight is 287 g/mol. The highest BCUT2D eigenvalue weighted by Gasteiger charge is 2.29. The van der Waals surface area contributed by atoms with E-state index < -0.39 is 0 Å². The number of nitrogens with one attached hydrogen (secondary N) is 1. The molecule has 0 bridgehead atoms. The average Bonchev–Trinajstić information content (AvgIpc) is 3.34. The van der Waals surface area contributed by atoms with Gasteiger partial charge in [-0.1, -0.05) is 19.9 Å². The van der Waals surface area contributed by atoms with Gasteiger partial charge < -0.3 is 10.2 Å². The molecule has 3 nitrogen and oxygen atoms in total. The van der Waals surface area contributed by atoms with Gasteiger partial charge in [0.25, 0.3) is 0 Å². The largest absolute Gasteiger partial charge is 0.356 e. The van der Waals surface area contributed by atoms with Gasteiger partial charge in [-0.3, -0.25) is 0 Å². The van der Waals surface area contributed by atoms with Crippen molar-refractivity contribution in [1.29, 1.82) is 0 Å². The second-order valence-electron chi connectivity index (χ2n) is 7.34. The molecule has 0 aliphatic heterocycles. The Bertz CT molecular complexity index is 418. The zero-order valence-corrected chi connectivity index (χ0v) is 13.5. The molecule has 1 N–H and O–H groups in total. The molecule has 21 heavy (non-hydrogen) atoms. The monoisotopic (exact) mass is 287 g/mol. The molecule has 3 heteroatoms. The van der Waals surface area contributed by atoms with Crippen molar-refractivity contribution in [3.63, 3.8) is 0 Å². The van der Waals surface area contributed by atoms with Crippen LogP contribution < -0.4 is 10.2 Å². The first-order valence-electron chi connectivity index (χ1n) is 8.61. The third kappa shape index (κ3) is 4.99. The highest BCUT2D eigenvalue weighted by Crippen LogP contribution is 2.35. The molecule has 1 aromatic rings. The summed E-state index contributed by atoms with van der Waals surface area (Å²) in [5, 5.41) is 3.48. The fraction of sp³-hybridized carbons (Fsp3) is 0.722. The highest BCUT2D eigenvalue weighted by molar-refractivity contribution is 5.40. The van der Waals surface area contributed by atoms with Crippen molar-refractivity contribution in [3.05, 3.63) is 23.9 Å². The molecule has 116 valence electrons. The Kier molecular flexibility index (Phi) is 4.79. The van der Waals surface area contributed by atoms with Crippen LogP contribution in [0.1, 0.15) is 45.1 Å². The van der Waals surface area contributed by atoms with Crippen LogP contribution in [0.3, 0.4) is 0 Å². The molecule has 2 fully saturated rings. The molecule has 0 radical (unpaired) electrons. The van der Waals surface area contributed by atoms with Gasteiger partial charge in [-0.15, -0.1) is 0 Å². The quantitative estimate of drug-likeness (QED) is 0.754. The number of nitrogens with zero attached hydrogens (tertiary/aromatic N) is 2. The van der Waals surface area contributed by atoms with Crippen LogP contribution in [0.4, 0.5) is 5.82 Å². The molecular weight excluding hydrogens is 258 g/mol. The molecule has 3 rings (SSSR count). The molecule has 1 aromatic heterocycles. The van der Waals surface area contributed by atoms with Gasteiger partial charge in [-0.05, 0) is 61.6 Å². The first-order valence-corrected chi connectivity index (χ1v) is 8.61. The molecule has 1 heterocycles. The van der Waals surface area contributed by atoms with E-state index in [-0.39, 0.29) is 0 Å². The lowest BCUT2D eigenvalue weighted by atomic mass is 10.2. The lowest BCUT2D eigenvalue weighted by Crippen LogP contribution is -2.29. The van der Waals surface area contributed by atoms with E-state index in [9.17, 15) is 0 Å². The van der Waals surface area contributed by atoms with E-state index in [0.717, 1.165) is 24.9 Å². The third-order valence-corrected chi connectivity index (χ3v) is 4.37. The van der Waals surface area contributed by atoms with Crippen LogP contribution in [-0.2, 0) is 6.54 Å². The van der Waals surface area contributed by atoms with Crippen molar-refractivity contribution in [3.8, 4) is 0 Å². The summed E-state index contributed by atoms with van der Waals surface area (Å²) in [6.45, 7) is 8.90. The summed E-state index contributed by atoms with van der Waals surface area (Å²) in [4.78, 5) is 7.25. The summed E-state index contributed by atoms with van der Waals surface area (Å²) in [5.41, 5.74) is 1.29. The van der Waals surface area contributed by atoms with Gasteiger partial charge in [0.1, 0.15) is 5.82 Å². The van der Waals surface area contributed by atoms with Gasteiger partial charge >= 0.3 is 0 Å². The van der Waals surface area contributed by atoms with E-state index in [4.69, 9.17) is 4.98 Å². The molecule has 0 aromatic carbocycles. The zero-order chi connectivity index (χ0) is 14.7. The Labute approximate surface area is 129 Å². The van der Waals surface area contributed by atoms with Gasteiger partial charge in [0, 0.05) is 25.8 Å². The number of pyridine rings is 1. The lowest BCUT2D eigenvalue weighted by Gasteiger charge is -2.23. The van der Waals surface area contributed by atoms with Gasteiger partial charge in [0.2, 0.25) is 0 Å². The Morgan fingerprint density at radius 2 is 1.81 bits per heavy atom. The number of hydrogen-bond donors (Lipinski definition) is 1. The fourth-order valence-electron chi connectivity index (χ4n) is 2.70. The van der Waals surface area contributed by atoms with Gasteiger partial charge in [-0.25, -0.2) is 4.98 Å². The highest BCUT2D eigenvalue weighted by atomic mass is 15.2. The van der Waals surface area contributed by atoms with Gasteiger partial charge in [0.05, 0.1) is 0 Å². The van der Waals surface area contributed by atoms with E-state index in [1.165, 1.54) is 50.2 Å². The zero-order valence-electron chi connectivity index (χ0n) is 13.5. The molecule has 0 spiro atoms. The maximum absolute atomic E-state index is 4.72. The van der Waals surface area contributed by atoms with Crippen LogP contribution in [0.15, 0.2) is 18.3 Å². The van der Waals surface area contributed by atoms with E-state index >= 15 is 0 Å². The molecule has 0 atom stereocenters. The van der Waals surface area contributed by atoms with Crippen LogP contribution in [0.25, 0.3) is 0 Å². The smallest absolute Gasteiger partial charge is 0.128 e. The van der Waals surface area contributed by atoms with Crippen LogP contribution in [-0.4, -0.2) is 24.6 Å². The van der Waals surface area contributed by atoms with E-state index in [1.54, 1.807) is 0 Å². The summed E-state index contributed by atoms with van der Waals surface area (Å²) in [6, 6.07) is 4.46. The Morgan fingerprint density at radius 1 is 1.14 bits per heavy atom. The minimum atomic E-state index is 0.699. The second kappa shape index (κ2) is 6.78. The van der Waals surface area contributed by atoms with E-state index in [2.05, 4.69) is 42.4 Å². The molecule has 0 unspecified atom stereocenters. The normalized spacial score (nSPS) is 18.2. The first-order chi connectivity index (χ1) is 10.2. The van der Waals surface area contributed by atoms with Crippen LogP contribution in [0, 0.1) is 17.8 Å². The van der Waals surface area contributed by atoms with E-state index in [0.29, 0.717) is 5.92 Å². The van der Waals surface area contributed by atoms with Crippen molar-refractivity contribution >= 4 is 5.82 Å². The standard InChI is InChI=1S/C18H29N3/c1-14(2)9-19-10-17-7-8-18(20-11-17)21(12-15-3-4-15)13-16-5-6-16/h7-8,11,14-16,19H,3-6,9-10,12-13H2,1-2H3. The number of aromatic nitrogens is 1. The van der Waals surface area contributed by atoms with Crippen molar-refractivity contribution in [2.24, 2.45) is 17.8 Å². The second-order valence-corrected chi connectivity index (χ2v) is 7.34. The van der Waals surface area contributed by atoms with E-state index in [1.807, 2.05) is 0 Å². The van der Waals surface area contributed by atoms with Crippen LogP contribution >= 0.6 is 0 Å². The number of rotatable bonds is 9. The third-order valence-electron chi connectivity index (χ3n) is 4.37. The molecule has 0 amide bonds. The summed E-state index contributed by atoms with van der Waals surface area (Å²) >= 11 is 0. The Balaban J connectivity index is 1.54. The molecule has 2 saturated carbocycles. The predicted molar refractivity (Wildman–Crippen MR) is 88.4 cm³/mol. The summed E-state index contributed by atoms with van der Waals surface area (Å²) in [7, 11) is 0. The van der Waals surface area contributed by atoms with Crippen molar-refractivity contribution < 1.29 is 0 Å². The van der Waals surface area contributed by atoms with Gasteiger partial charge in [-0.2, -0.15) is 0 Å². The van der Waals surface area contributed by atoms with Crippen LogP contribution in [0.5, 0.6) is 0 Å². The van der Waals surface area contributed by atoms with Crippen molar-refractivity contribution in [2.75, 3.05) is 24.5 Å². The van der Waals surface area contributed by atoms with Gasteiger partial charge in [0.15, 0.2) is 0 Å². The van der Waals surface area contributed by atoms with Crippen molar-refractivity contribution in [1.82, 2.24) is 10.3 Å². The molecule has 0 saturated heterocycles. The predicted octanol–water partition coefficient (Wildman–Crippen LogP) is 3.45. The molecule has 2 aliphatic carbocycles. The number of hydrogen-bond acceptors (Lipinski definition) is 3. The maximum Gasteiger partial charge on any atom is 0.128 e. The minimum Gasteiger partial charge on any atom is -0.356 e. The summed E-state index contributed by atoms with van der Waals surface area (Å²) in [6.07, 6.45) is 7.71. The molecular formula is C18H29N3. The number of anilines is 1. The first kappa shape index (κ1) is 14.8. The maximum atomic E-state index is 4.72. The topological polar surface area (TPSA) is 28.2 Å². The fourth-order valence-corrected chi connectivity index (χ4v) is 2.70. The molecule has 2 aliphatic rings. The lowest BCUT2D eigenvalue weighted by molar-refractivity contribution is 0.552. The van der Waals surface area contributed by atoms with Crippen molar-refractivity contribution in [2.45, 2.75) is 46.1 Å². The minimum absolute atomic E-state index is 0.699.